The summed E-state index contributed by atoms with van der Waals surface area (Å²) >= 11 is 0. The molecular formula is C27H23N. The van der Waals surface area contributed by atoms with Crippen LogP contribution in [0.15, 0.2) is 109 Å². The molecule has 0 amide bonds. The number of benzene rings is 4. The highest BCUT2D eigenvalue weighted by Gasteiger charge is 2.26. The maximum atomic E-state index is 2.52. The molecule has 0 spiro atoms. The lowest BCUT2D eigenvalue weighted by atomic mass is 9.92. The van der Waals surface area contributed by atoms with Crippen molar-refractivity contribution in [1.29, 1.82) is 0 Å². The molecule has 0 fully saturated rings. The van der Waals surface area contributed by atoms with Gasteiger partial charge in [-0.05, 0) is 34.9 Å². The van der Waals surface area contributed by atoms with Gasteiger partial charge in [0, 0.05) is 16.5 Å². The number of anilines is 2. The maximum Gasteiger partial charge on any atom is 0.0585 e. The average Bonchev–Trinajstić information content (AvgIpc) is 2.75. The van der Waals surface area contributed by atoms with Crippen LogP contribution in [0.1, 0.15) is 6.92 Å². The van der Waals surface area contributed by atoms with Gasteiger partial charge in [0.1, 0.15) is 0 Å². The molecule has 28 heavy (non-hydrogen) atoms. The lowest BCUT2D eigenvalue weighted by Crippen LogP contribution is -2.35. The van der Waals surface area contributed by atoms with Crippen LogP contribution < -0.4 is 4.90 Å². The third-order valence-electron chi connectivity index (χ3n) is 5.69. The number of hydrogen-bond acceptors (Lipinski definition) is 1. The summed E-state index contributed by atoms with van der Waals surface area (Å²) in [7, 11) is 0. The van der Waals surface area contributed by atoms with E-state index in [-0.39, 0.29) is 6.04 Å². The van der Waals surface area contributed by atoms with E-state index in [1.54, 1.807) is 0 Å². The molecule has 1 aliphatic rings. The highest BCUT2D eigenvalue weighted by atomic mass is 15.2. The van der Waals surface area contributed by atoms with E-state index in [0.717, 1.165) is 0 Å². The van der Waals surface area contributed by atoms with Crippen LogP contribution in [0.3, 0.4) is 0 Å². The molecule has 4 aromatic carbocycles. The normalized spacial score (nSPS) is 18.6. The molecule has 1 aliphatic carbocycles. The van der Waals surface area contributed by atoms with Crippen molar-refractivity contribution in [2.75, 3.05) is 4.90 Å². The summed E-state index contributed by atoms with van der Waals surface area (Å²) < 4.78 is 0. The van der Waals surface area contributed by atoms with Gasteiger partial charge >= 0.3 is 0 Å². The Hall–Kier alpha value is -3.32. The van der Waals surface area contributed by atoms with Gasteiger partial charge in [-0.2, -0.15) is 0 Å². The van der Waals surface area contributed by atoms with E-state index >= 15 is 0 Å². The molecule has 0 aliphatic heterocycles. The summed E-state index contributed by atoms with van der Waals surface area (Å²) in [5, 5.41) is 5.14. The van der Waals surface area contributed by atoms with Crippen LogP contribution in [0.5, 0.6) is 0 Å². The van der Waals surface area contributed by atoms with Crippen molar-refractivity contribution in [3.8, 4) is 0 Å². The van der Waals surface area contributed by atoms with Crippen LogP contribution in [-0.4, -0.2) is 6.04 Å². The van der Waals surface area contributed by atoms with Gasteiger partial charge < -0.3 is 4.90 Å². The van der Waals surface area contributed by atoms with Crippen LogP contribution in [0.25, 0.3) is 21.5 Å². The minimum Gasteiger partial charge on any atom is -0.333 e. The largest absolute Gasteiger partial charge is 0.333 e. The van der Waals surface area contributed by atoms with Gasteiger partial charge in [-0.15, -0.1) is 0 Å². The Kier molecular flexibility index (Phi) is 4.21. The molecule has 1 nitrogen and oxygen atoms in total. The zero-order valence-electron chi connectivity index (χ0n) is 16.0. The van der Waals surface area contributed by atoms with Gasteiger partial charge in [-0.3, -0.25) is 0 Å². The van der Waals surface area contributed by atoms with Gasteiger partial charge in [0.2, 0.25) is 0 Å². The molecule has 136 valence electrons. The highest BCUT2D eigenvalue weighted by Crippen LogP contribution is 2.42. The maximum absolute atomic E-state index is 2.52. The van der Waals surface area contributed by atoms with E-state index in [1.807, 2.05) is 0 Å². The van der Waals surface area contributed by atoms with Gasteiger partial charge in [-0.25, -0.2) is 0 Å². The van der Waals surface area contributed by atoms with Gasteiger partial charge in [0.05, 0.1) is 11.7 Å². The van der Waals surface area contributed by atoms with Crippen LogP contribution in [-0.2, 0) is 0 Å². The predicted octanol–water partition coefficient (Wildman–Crippen LogP) is 7.26. The smallest absolute Gasteiger partial charge is 0.0585 e. The Morgan fingerprint density at radius 2 is 1.21 bits per heavy atom. The monoisotopic (exact) mass is 361 g/mol. The first-order chi connectivity index (χ1) is 13.8. The van der Waals surface area contributed by atoms with Crippen LogP contribution in [0.4, 0.5) is 11.4 Å². The van der Waals surface area contributed by atoms with Gasteiger partial charge in [0.25, 0.3) is 0 Å². The predicted molar refractivity (Wildman–Crippen MR) is 121 cm³/mol. The third kappa shape index (κ3) is 2.80. The Morgan fingerprint density at radius 1 is 0.643 bits per heavy atom. The first-order valence-electron chi connectivity index (χ1n) is 9.93. The average molecular weight is 361 g/mol. The fourth-order valence-electron chi connectivity index (χ4n) is 4.32. The summed E-state index contributed by atoms with van der Waals surface area (Å²) in [6.07, 6.45) is 8.96. The first kappa shape index (κ1) is 16.8. The molecule has 0 radical (unpaired) electrons. The van der Waals surface area contributed by atoms with Crippen LogP contribution in [0.2, 0.25) is 0 Å². The minimum atomic E-state index is 0.265. The van der Waals surface area contributed by atoms with E-state index in [0.29, 0.717) is 5.92 Å². The Bertz CT molecular complexity index is 1130. The van der Waals surface area contributed by atoms with Crippen molar-refractivity contribution in [3.05, 3.63) is 109 Å². The standard InChI is InChI=1S/C27H23N/c1-20-11-5-10-18-26(20)28(23-14-3-2-4-15-23)27-24-16-8-6-12-21(24)19-22-13-7-9-17-25(22)27/h2-20,26H,1H3. The summed E-state index contributed by atoms with van der Waals surface area (Å²) in [5.41, 5.74) is 2.51. The highest BCUT2D eigenvalue weighted by molar-refractivity contribution is 6.12. The second-order valence-corrected chi connectivity index (χ2v) is 7.49. The van der Waals surface area contributed by atoms with Crippen molar-refractivity contribution >= 4 is 32.9 Å². The second-order valence-electron chi connectivity index (χ2n) is 7.49. The molecule has 0 N–H and O–H groups in total. The zero-order valence-corrected chi connectivity index (χ0v) is 16.0. The zero-order chi connectivity index (χ0) is 18.9. The lowest BCUT2D eigenvalue weighted by molar-refractivity contribution is 0.611. The fraction of sp³-hybridized carbons (Fsp3) is 0.111. The molecule has 2 unspecified atom stereocenters. The van der Waals surface area contributed by atoms with E-state index in [2.05, 4.69) is 121 Å². The number of fused-ring (bicyclic) bond motifs is 2. The minimum absolute atomic E-state index is 0.265. The van der Waals surface area contributed by atoms with E-state index < -0.39 is 0 Å². The summed E-state index contributed by atoms with van der Waals surface area (Å²) in [5.74, 6) is 0.419. The van der Waals surface area contributed by atoms with E-state index in [9.17, 15) is 0 Å². The lowest BCUT2D eigenvalue weighted by Gasteiger charge is -2.37. The number of para-hydroxylation sites is 1. The molecule has 2 atom stereocenters. The molecule has 0 bridgehead atoms. The van der Waals surface area contributed by atoms with E-state index in [1.165, 1.54) is 32.9 Å². The molecule has 1 heteroatoms. The summed E-state index contributed by atoms with van der Waals surface area (Å²) in [4.78, 5) is 2.52. The van der Waals surface area contributed by atoms with Crippen LogP contribution >= 0.6 is 0 Å². The number of rotatable bonds is 3. The number of allylic oxidation sites excluding steroid dienone is 2. The fourth-order valence-corrected chi connectivity index (χ4v) is 4.32. The number of nitrogens with zero attached hydrogens (tertiary/aromatic N) is 1. The summed E-state index contributed by atoms with van der Waals surface area (Å²) in [6.45, 7) is 2.30. The van der Waals surface area contributed by atoms with Crippen LogP contribution in [0, 0.1) is 5.92 Å². The van der Waals surface area contributed by atoms with Crippen molar-refractivity contribution in [2.45, 2.75) is 13.0 Å². The SMILES string of the molecule is CC1C=CC=CC1N(c1ccccc1)c1c2ccccc2cc2ccccc12. The van der Waals surface area contributed by atoms with Crippen molar-refractivity contribution in [1.82, 2.24) is 0 Å². The van der Waals surface area contributed by atoms with E-state index in [4.69, 9.17) is 0 Å². The molecule has 0 heterocycles. The Labute approximate surface area is 166 Å². The van der Waals surface area contributed by atoms with Gasteiger partial charge in [-0.1, -0.05) is 98.0 Å². The molecule has 0 saturated heterocycles. The van der Waals surface area contributed by atoms with Gasteiger partial charge in [0.15, 0.2) is 0 Å². The molecule has 5 rings (SSSR count). The molecule has 0 aromatic heterocycles. The first-order valence-corrected chi connectivity index (χ1v) is 9.93. The molecular weight excluding hydrogens is 338 g/mol. The van der Waals surface area contributed by atoms with Crippen molar-refractivity contribution in [3.63, 3.8) is 0 Å². The Morgan fingerprint density at radius 3 is 1.86 bits per heavy atom. The second kappa shape index (κ2) is 7.01. The number of hydrogen-bond donors (Lipinski definition) is 0. The van der Waals surface area contributed by atoms with Crippen molar-refractivity contribution < 1.29 is 0 Å². The van der Waals surface area contributed by atoms with Crippen molar-refractivity contribution in [2.24, 2.45) is 5.92 Å². The molecule has 0 saturated carbocycles. The Balaban J connectivity index is 1.87. The quantitative estimate of drug-likeness (QED) is 0.347. The third-order valence-corrected chi connectivity index (χ3v) is 5.69. The topological polar surface area (TPSA) is 3.24 Å². The molecule has 4 aromatic rings. The summed E-state index contributed by atoms with van der Waals surface area (Å²) in [6, 6.07) is 30.8.